The van der Waals surface area contributed by atoms with Crippen LogP contribution < -0.4 is 0 Å². The second kappa shape index (κ2) is 8.70. The maximum Gasteiger partial charge on any atom is 0.173 e. The highest BCUT2D eigenvalue weighted by atomic mass is 79.9. The summed E-state index contributed by atoms with van der Waals surface area (Å²) in [6.45, 7) is 3.91. The number of hydrogen-bond acceptors (Lipinski definition) is 6. The molecule has 29 heavy (non-hydrogen) atoms. The van der Waals surface area contributed by atoms with Crippen LogP contribution in [-0.2, 0) is 9.53 Å². The molecule has 5 nitrogen and oxygen atoms in total. The molecule has 0 aliphatic heterocycles. The fraction of sp³-hybridized carbons (Fsp3) is 0.318. The quantitative estimate of drug-likeness (QED) is 0.632. The van der Waals surface area contributed by atoms with E-state index in [1.807, 2.05) is 32.2 Å². The van der Waals surface area contributed by atoms with Gasteiger partial charge in [-0.05, 0) is 61.1 Å². The van der Waals surface area contributed by atoms with Gasteiger partial charge in [0.25, 0.3) is 0 Å². The summed E-state index contributed by atoms with van der Waals surface area (Å²) in [5.74, 6) is -0.261. The lowest BCUT2D eigenvalue weighted by Crippen LogP contribution is -2.20. The number of benzene rings is 1. The highest BCUT2D eigenvalue weighted by Crippen LogP contribution is 2.43. The summed E-state index contributed by atoms with van der Waals surface area (Å²) in [5.41, 5.74) is 4.13. The molecule has 0 amide bonds. The van der Waals surface area contributed by atoms with Gasteiger partial charge < -0.3 is 9.84 Å². The molecule has 1 N–H and O–H groups in total. The molecular formula is C22H21BrN2O3S. The van der Waals surface area contributed by atoms with E-state index in [4.69, 9.17) is 4.74 Å². The van der Waals surface area contributed by atoms with Crippen LogP contribution in [0.4, 0.5) is 0 Å². The Morgan fingerprint density at radius 1 is 1.34 bits per heavy atom. The molecule has 3 rings (SSSR count). The molecule has 150 valence electrons. The zero-order valence-electron chi connectivity index (χ0n) is 16.6. The van der Waals surface area contributed by atoms with Gasteiger partial charge in [0.15, 0.2) is 5.78 Å². The first-order chi connectivity index (χ1) is 13.8. The van der Waals surface area contributed by atoms with Crippen LogP contribution in [0.2, 0.25) is 0 Å². The number of aryl methyl sites for hydroxylation is 2. The van der Waals surface area contributed by atoms with Crippen molar-refractivity contribution < 1.29 is 14.6 Å². The van der Waals surface area contributed by atoms with Crippen LogP contribution in [0, 0.1) is 31.1 Å². The predicted octanol–water partition coefficient (Wildman–Crippen LogP) is 4.73. The summed E-state index contributed by atoms with van der Waals surface area (Å²) >= 11 is 4.82. The largest absolute Gasteiger partial charge is 0.500 e. The first kappa shape index (κ1) is 21.6. The number of carbonyl (C=O) groups is 1. The number of allylic oxidation sites excluding steroid dienone is 2. The van der Waals surface area contributed by atoms with E-state index in [-0.39, 0.29) is 5.78 Å². The van der Waals surface area contributed by atoms with Gasteiger partial charge in [0.05, 0.1) is 29.9 Å². The molecule has 1 aliphatic rings. The van der Waals surface area contributed by atoms with Crippen molar-refractivity contribution >= 4 is 39.0 Å². The van der Waals surface area contributed by atoms with Crippen LogP contribution in [0.1, 0.15) is 40.5 Å². The Balaban J connectivity index is 2.00. The van der Waals surface area contributed by atoms with Gasteiger partial charge in [0.2, 0.25) is 0 Å². The third-order valence-electron chi connectivity index (χ3n) is 5.14. The fourth-order valence-corrected chi connectivity index (χ4v) is 5.01. The lowest BCUT2D eigenvalue weighted by molar-refractivity contribution is -0.120. The molecule has 0 radical (unpaired) electrons. The molecular weight excluding hydrogens is 452 g/mol. The number of nitriles is 1. The van der Waals surface area contributed by atoms with E-state index in [1.54, 1.807) is 19.2 Å². The van der Waals surface area contributed by atoms with Crippen LogP contribution >= 0.6 is 27.7 Å². The van der Waals surface area contributed by atoms with Crippen LogP contribution in [0.25, 0.3) is 5.57 Å². The van der Waals surface area contributed by atoms with E-state index in [2.05, 4.69) is 27.0 Å². The second-order valence-corrected chi connectivity index (χ2v) is 8.65. The van der Waals surface area contributed by atoms with E-state index in [1.165, 1.54) is 11.8 Å². The molecule has 1 aliphatic carbocycles. The number of methoxy groups -OCH3 is 1. The van der Waals surface area contributed by atoms with Crippen LogP contribution in [0.3, 0.4) is 0 Å². The molecule has 1 aromatic heterocycles. The number of nitrogens with zero attached hydrogens (tertiary/aromatic N) is 2. The van der Waals surface area contributed by atoms with Crippen LogP contribution in [-0.4, -0.2) is 29.2 Å². The van der Waals surface area contributed by atoms with Gasteiger partial charge in [0, 0.05) is 10.9 Å². The third-order valence-corrected chi connectivity index (χ3v) is 6.30. The smallest absolute Gasteiger partial charge is 0.173 e. The number of aliphatic hydroxyl groups is 1. The number of carbonyl (C=O) groups excluding carboxylic acids is 1. The molecule has 2 aromatic rings. The van der Waals surface area contributed by atoms with E-state index >= 15 is 0 Å². The average molecular weight is 473 g/mol. The monoisotopic (exact) mass is 472 g/mol. The molecule has 0 fully saturated rings. The number of aliphatic hydroxyl groups excluding tert-OH is 1. The maximum absolute atomic E-state index is 13.4. The van der Waals surface area contributed by atoms with Crippen molar-refractivity contribution in [2.75, 3.05) is 13.4 Å². The minimum atomic E-state index is -1.08. The van der Waals surface area contributed by atoms with Gasteiger partial charge >= 0.3 is 0 Å². The zero-order valence-corrected chi connectivity index (χ0v) is 19.0. The Labute approximate surface area is 182 Å². The molecule has 7 heteroatoms. The van der Waals surface area contributed by atoms with E-state index in [9.17, 15) is 15.2 Å². The average Bonchev–Trinajstić information content (AvgIpc) is 3.02. The highest BCUT2D eigenvalue weighted by molar-refractivity contribution is 9.10. The number of pyridine rings is 1. The number of hydrogen-bond donors (Lipinski definition) is 1. The summed E-state index contributed by atoms with van der Waals surface area (Å²) in [6, 6.07) is 9.26. The molecule has 2 unspecified atom stereocenters. The number of rotatable bonds is 5. The van der Waals surface area contributed by atoms with E-state index in [0.717, 1.165) is 21.2 Å². The van der Waals surface area contributed by atoms with Gasteiger partial charge in [-0.15, -0.1) is 11.8 Å². The molecule has 1 heterocycles. The van der Waals surface area contributed by atoms with Crippen molar-refractivity contribution in [3.8, 4) is 6.07 Å². The van der Waals surface area contributed by atoms with Gasteiger partial charge in [-0.3, -0.25) is 4.79 Å². The fourth-order valence-electron chi connectivity index (χ4n) is 3.79. The summed E-state index contributed by atoms with van der Waals surface area (Å²) in [7, 11) is 1.55. The topological polar surface area (TPSA) is 83.2 Å². The summed E-state index contributed by atoms with van der Waals surface area (Å²) in [5, 5.41) is 20.7. The van der Waals surface area contributed by atoms with Crippen molar-refractivity contribution in [2.24, 2.45) is 5.92 Å². The summed E-state index contributed by atoms with van der Waals surface area (Å²) in [4.78, 5) is 17.8. The highest BCUT2D eigenvalue weighted by Gasteiger charge is 2.41. The molecule has 0 saturated heterocycles. The van der Waals surface area contributed by atoms with Crippen molar-refractivity contribution in [1.29, 1.82) is 5.26 Å². The van der Waals surface area contributed by atoms with Gasteiger partial charge in [0.1, 0.15) is 23.0 Å². The van der Waals surface area contributed by atoms with Crippen molar-refractivity contribution in [1.82, 2.24) is 4.98 Å². The van der Waals surface area contributed by atoms with Crippen molar-refractivity contribution in [3.63, 3.8) is 0 Å². The number of halogens is 1. The minimum absolute atomic E-state index is 0.153. The van der Waals surface area contributed by atoms with Crippen LogP contribution in [0.15, 0.2) is 39.5 Å². The third kappa shape index (κ3) is 3.97. The van der Waals surface area contributed by atoms with E-state index < -0.39 is 12.0 Å². The number of aromatic nitrogens is 1. The Morgan fingerprint density at radius 3 is 2.55 bits per heavy atom. The molecule has 1 aromatic carbocycles. The standard InChI is InChI=1S/C22H21BrN2O3S/c1-11-7-14(23)8-12(2)18(11)19-17(28-3)9-15(21(19)27)20(26)16-6-5-13(10-24)22(25-16)29-4/h5-8,15,20,26H,9H2,1-4H3. The number of Topliss-reactive ketones (excluding diaryl/α,β-unsaturated/α-hetero) is 1. The summed E-state index contributed by atoms with van der Waals surface area (Å²) in [6.07, 6.45) is 1.04. The lowest BCUT2D eigenvalue weighted by Gasteiger charge is -2.18. The number of ketones is 1. The van der Waals surface area contributed by atoms with Gasteiger partial charge in [-0.2, -0.15) is 5.26 Å². The Hall–Kier alpha value is -2.14. The zero-order chi connectivity index (χ0) is 21.3. The minimum Gasteiger partial charge on any atom is -0.500 e. The SMILES string of the molecule is COC1=C(c2c(C)cc(Br)cc2C)C(=O)C(C(O)c2ccc(C#N)c(SC)n2)C1. The molecule has 0 spiro atoms. The van der Waals surface area contributed by atoms with E-state index in [0.29, 0.717) is 34.0 Å². The Bertz CT molecular complexity index is 1040. The Morgan fingerprint density at radius 2 is 2.00 bits per heavy atom. The van der Waals surface area contributed by atoms with Crippen molar-refractivity contribution in [3.05, 3.63) is 62.4 Å². The van der Waals surface area contributed by atoms with Crippen LogP contribution in [0.5, 0.6) is 0 Å². The normalized spacial score (nSPS) is 17.4. The van der Waals surface area contributed by atoms with Crippen molar-refractivity contribution in [2.45, 2.75) is 31.4 Å². The summed E-state index contributed by atoms with van der Waals surface area (Å²) < 4.78 is 6.50. The Kier molecular flexibility index (Phi) is 6.47. The lowest BCUT2D eigenvalue weighted by atomic mass is 9.89. The maximum atomic E-state index is 13.4. The number of ether oxygens (including phenoxy) is 1. The molecule has 0 bridgehead atoms. The first-order valence-electron chi connectivity index (χ1n) is 9.03. The second-order valence-electron chi connectivity index (χ2n) is 6.94. The first-order valence-corrected chi connectivity index (χ1v) is 11.1. The molecule has 2 atom stereocenters. The molecule has 0 saturated carbocycles. The van der Waals surface area contributed by atoms with Gasteiger partial charge in [-0.25, -0.2) is 4.98 Å². The van der Waals surface area contributed by atoms with Gasteiger partial charge in [-0.1, -0.05) is 15.9 Å². The number of thioether (sulfide) groups is 1. The predicted molar refractivity (Wildman–Crippen MR) is 116 cm³/mol.